The van der Waals surface area contributed by atoms with Crippen molar-refractivity contribution in [3.05, 3.63) is 59.5 Å². The third-order valence-electron chi connectivity index (χ3n) is 3.72. The van der Waals surface area contributed by atoms with Crippen molar-refractivity contribution in [2.24, 2.45) is 0 Å². The molecule has 3 aromatic rings. The van der Waals surface area contributed by atoms with Crippen LogP contribution in [0.25, 0.3) is 23.1 Å². The molecule has 0 fully saturated rings. The van der Waals surface area contributed by atoms with E-state index in [2.05, 4.69) is 10.2 Å². The number of fused-ring (bicyclic) bond motifs is 1. The van der Waals surface area contributed by atoms with Gasteiger partial charge in [-0.2, -0.15) is 0 Å². The fourth-order valence-corrected chi connectivity index (χ4v) is 2.54. The Labute approximate surface area is 133 Å². The summed E-state index contributed by atoms with van der Waals surface area (Å²) in [6, 6.07) is 13.5. The lowest BCUT2D eigenvalue weighted by molar-refractivity contribution is 0.360. The van der Waals surface area contributed by atoms with E-state index in [1.165, 1.54) is 5.56 Å². The first-order valence-electron chi connectivity index (χ1n) is 7.33. The maximum absolute atomic E-state index is 5.79. The zero-order valence-corrected chi connectivity index (χ0v) is 12.6. The standard InChI is InChI=1S/C18H15N3O2/c1-11-5-6-12-8-14(10-22-16(12)7-11)18-21-20-17(23-18)13-3-2-4-15(19)9-13/h2-9H,10,19H2,1H3. The van der Waals surface area contributed by atoms with E-state index in [-0.39, 0.29) is 0 Å². The van der Waals surface area contributed by atoms with E-state index in [9.17, 15) is 0 Å². The predicted octanol–water partition coefficient (Wildman–Crippen LogP) is 3.56. The summed E-state index contributed by atoms with van der Waals surface area (Å²) in [6.45, 7) is 2.45. The van der Waals surface area contributed by atoms with E-state index in [0.717, 1.165) is 22.4 Å². The van der Waals surface area contributed by atoms with Crippen molar-refractivity contribution in [2.75, 3.05) is 12.3 Å². The molecule has 0 aliphatic carbocycles. The van der Waals surface area contributed by atoms with Gasteiger partial charge >= 0.3 is 0 Å². The third kappa shape index (κ3) is 2.57. The van der Waals surface area contributed by atoms with Crippen molar-refractivity contribution in [3.8, 4) is 17.2 Å². The lowest BCUT2D eigenvalue weighted by Crippen LogP contribution is -2.07. The average molecular weight is 305 g/mol. The summed E-state index contributed by atoms with van der Waals surface area (Å²) in [5.74, 6) is 1.79. The molecule has 5 nitrogen and oxygen atoms in total. The number of nitrogens with two attached hydrogens (primary N) is 1. The van der Waals surface area contributed by atoms with Gasteiger partial charge in [-0.15, -0.1) is 10.2 Å². The normalized spacial score (nSPS) is 13.2. The van der Waals surface area contributed by atoms with Crippen molar-refractivity contribution in [1.82, 2.24) is 10.2 Å². The highest BCUT2D eigenvalue weighted by molar-refractivity contribution is 5.83. The quantitative estimate of drug-likeness (QED) is 0.733. The molecular weight excluding hydrogens is 290 g/mol. The van der Waals surface area contributed by atoms with Gasteiger partial charge in [0.1, 0.15) is 12.4 Å². The van der Waals surface area contributed by atoms with Crippen LogP contribution in [0.2, 0.25) is 0 Å². The van der Waals surface area contributed by atoms with Gasteiger partial charge in [-0.3, -0.25) is 0 Å². The number of aromatic nitrogens is 2. The predicted molar refractivity (Wildman–Crippen MR) is 88.7 cm³/mol. The van der Waals surface area contributed by atoms with Crippen LogP contribution < -0.4 is 10.5 Å². The molecule has 0 spiro atoms. The Kier molecular flexibility index (Phi) is 3.12. The molecular formula is C18H15N3O2. The molecule has 0 saturated heterocycles. The lowest BCUT2D eigenvalue weighted by Gasteiger charge is -2.16. The van der Waals surface area contributed by atoms with Crippen molar-refractivity contribution >= 4 is 17.3 Å². The minimum atomic E-state index is 0.412. The number of rotatable bonds is 2. The van der Waals surface area contributed by atoms with Crippen LogP contribution in [0.3, 0.4) is 0 Å². The van der Waals surface area contributed by atoms with E-state index in [1.807, 2.05) is 49.4 Å². The van der Waals surface area contributed by atoms with Crippen LogP contribution in [0, 0.1) is 6.92 Å². The highest BCUT2D eigenvalue weighted by Gasteiger charge is 2.18. The molecule has 114 valence electrons. The number of hydrogen-bond acceptors (Lipinski definition) is 5. The Morgan fingerprint density at radius 3 is 2.78 bits per heavy atom. The van der Waals surface area contributed by atoms with E-state index in [4.69, 9.17) is 14.9 Å². The molecule has 2 aromatic carbocycles. The summed E-state index contributed by atoms with van der Waals surface area (Å²) >= 11 is 0. The van der Waals surface area contributed by atoms with Crippen molar-refractivity contribution < 1.29 is 9.15 Å². The van der Waals surface area contributed by atoms with Crippen LogP contribution in [0.5, 0.6) is 5.75 Å². The minimum absolute atomic E-state index is 0.412. The Morgan fingerprint density at radius 2 is 1.91 bits per heavy atom. The van der Waals surface area contributed by atoms with Gasteiger partial charge in [-0.05, 0) is 42.8 Å². The highest BCUT2D eigenvalue weighted by Crippen LogP contribution is 2.31. The van der Waals surface area contributed by atoms with Gasteiger partial charge in [0.05, 0.1) is 5.57 Å². The number of anilines is 1. The fourth-order valence-electron chi connectivity index (χ4n) is 2.54. The summed E-state index contributed by atoms with van der Waals surface area (Å²) in [4.78, 5) is 0. The molecule has 0 radical (unpaired) electrons. The molecule has 1 aliphatic heterocycles. The Morgan fingerprint density at radius 1 is 1.04 bits per heavy atom. The molecule has 0 amide bonds. The molecule has 5 heteroatoms. The first-order valence-corrected chi connectivity index (χ1v) is 7.33. The summed E-state index contributed by atoms with van der Waals surface area (Å²) in [5.41, 5.74) is 10.3. The van der Waals surface area contributed by atoms with E-state index < -0.39 is 0 Å². The van der Waals surface area contributed by atoms with Gasteiger partial charge < -0.3 is 14.9 Å². The van der Waals surface area contributed by atoms with Crippen molar-refractivity contribution in [1.29, 1.82) is 0 Å². The number of ether oxygens (including phenoxy) is 1. The minimum Gasteiger partial charge on any atom is -0.488 e. The number of benzene rings is 2. The van der Waals surface area contributed by atoms with Gasteiger partial charge in [0.15, 0.2) is 0 Å². The maximum atomic E-state index is 5.79. The molecule has 0 unspecified atom stereocenters. The average Bonchev–Trinajstić information content (AvgIpc) is 3.04. The Bertz CT molecular complexity index is 912. The monoisotopic (exact) mass is 305 g/mol. The Balaban J connectivity index is 1.68. The largest absolute Gasteiger partial charge is 0.488 e. The summed E-state index contributed by atoms with van der Waals surface area (Å²) < 4.78 is 11.6. The number of nitrogens with zero attached hydrogens (tertiary/aromatic N) is 2. The Hall–Kier alpha value is -3.08. The maximum Gasteiger partial charge on any atom is 0.248 e. The van der Waals surface area contributed by atoms with Crippen molar-refractivity contribution in [2.45, 2.75) is 6.92 Å². The molecule has 2 heterocycles. The SMILES string of the molecule is Cc1ccc2c(c1)OCC(c1nnc(-c3cccc(N)c3)o1)=C2. The van der Waals surface area contributed by atoms with Crippen LogP contribution in [0.15, 0.2) is 46.9 Å². The molecule has 2 N–H and O–H groups in total. The zero-order valence-electron chi connectivity index (χ0n) is 12.6. The smallest absolute Gasteiger partial charge is 0.248 e. The van der Waals surface area contributed by atoms with Crippen LogP contribution in [0.4, 0.5) is 5.69 Å². The fraction of sp³-hybridized carbons (Fsp3) is 0.111. The number of hydrogen-bond donors (Lipinski definition) is 1. The van der Waals surface area contributed by atoms with Crippen LogP contribution in [-0.2, 0) is 0 Å². The van der Waals surface area contributed by atoms with E-state index >= 15 is 0 Å². The molecule has 0 bridgehead atoms. The highest BCUT2D eigenvalue weighted by atomic mass is 16.5. The summed E-state index contributed by atoms with van der Waals surface area (Å²) in [7, 11) is 0. The van der Waals surface area contributed by atoms with E-state index in [0.29, 0.717) is 24.1 Å². The second-order valence-corrected chi connectivity index (χ2v) is 5.54. The number of aryl methyl sites for hydroxylation is 1. The second kappa shape index (κ2) is 5.28. The first-order chi connectivity index (χ1) is 11.2. The lowest BCUT2D eigenvalue weighted by atomic mass is 10.1. The van der Waals surface area contributed by atoms with Crippen LogP contribution in [-0.4, -0.2) is 16.8 Å². The summed E-state index contributed by atoms with van der Waals surface area (Å²) in [5, 5.41) is 8.23. The van der Waals surface area contributed by atoms with Gasteiger partial charge in [-0.25, -0.2) is 0 Å². The second-order valence-electron chi connectivity index (χ2n) is 5.54. The van der Waals surface area contributed by atoms with Crippen LogP contribution >= 0.6 is 0 Å². The van der Waals surface area contributed by atoms with Gasteiger partial charge in [-0.1, -0.05) is 18.2 Å². The number of nitrogen functional groups attached to an aromatic ring is 1. The molecule has 0 saturated carbocycles. The van der Waals surface area contributed by atoms with Gasteiger partial charge in [0.2, 0.25) is 11.8 Å². The van der Waals surface area contributed by atoms with E-state index in [1.54, 1.807) is 6.07 Å². The van der Waals surface area contributed by atoms with Gasteiger partial charge in [0.25, 0.3) is 0 Å². The summed E-state index contributed by atoms with van der Waals surface area (Å²) in [6.07, 6.45) is 2.02. The van der Waals surface area contributed by atoms with Crippen LogP contribution in [0.1, 0.15) is 17.0 Å². The topological polar surface area (TPSA) is 74.2 Å². The molecule has 4 rings (SSSR count). The van der Waals surface area contributed by atoms with Crippen molar-refractivity contribution in [3.63, 3.8) is 0 Å². The third-order valence-corrected chi connectivity index (χ3v) is 3.72. The first kappa shape index (κ1) is 13.6. The molecule has 23 heavy (non-hydrogen) atoms. The van der Waals surface area contributed by atoms with Gasteiger partial charge in [0, 0.05) is 16.8 Å². The zero-order chi connectivity index (χ0) is 15.8. The molecule has 0 atom stereocenters. The molecule has 1 aromatic heterocycles. The molecule has 1 aliphatic rings.